The molecule has 184 valence electrons. The summed E-state index contributed by atoms with van der Waals surface area (Å²) in [4.78, 5) is 31.1. The Morgan fingerprint density at radius 1 is 0.676 bits per heavy atom. The normalized spacial score (nSPS) is 13.5. The van der Waals surface area contributed by atoms with Gasteiger partial charge in [0.2, 0.25) is 0 Å². The third kappa shape index (κ3) is 4.10. The number of fused-ring (bicyclic) bond motifs is 2. The first-order chi connectivity index (χ1) is 16.2. The van der Waals surface area contributed by atoms with Crippen LogP contribution in [0.25, 0.3) is 0 Å². The van der Waals surface area contributed by atoms with Crippen LogP contribution in [0.5, 0.6) is 11.5 Å². The van der Waals surface area contributed by atoms with Gasteiger partial charge in [0.15, 0.2) is 0 Å². The van der Waals surface area contributed by atoms with Crippen molar-refractivity contribution >= 4 is 11.8 Å². The molecule has 5 nitrogen and oxygen atoms in total. The number of rotatable bonds is 8. The second kappa shape index (κ2) is 10.2. The van der Waals surface area contributed by atoms with Gasteiger partial charge >= 0.3 is 0 Å². The maximum absolute atomic E-state index is 13.7. The number of amides is 2. The lowest BCUT2D eigenvalue weighted by atomic mass is 9.73. The van der Waals surface area contributed by atoms with E-state index >= 15 is 0 Å². The first kappa shape index (κ1) is 25.8. The highest BCUT2D eigenvalue weighted by Gasteiger charge is 2.40. The summed E-state index contributed by atoms with van der Waals surface area (Å²) in [6.07, 6.45) is 1.46. The van der Waals surface area contributed by atoms with E-state index in [-0.39, 0.29) is 11.8 Å². The van der Waals surface area contributed by atoms with Crippen molar-refractivity contribution in [3.63, 3.8) is 0 Å². The molecule has 34 heavy (non-hydrogen) atoms. The molecule has 1 aliphatic heterocycles. The lowest BCUT2D eigenvalue weighted by molar-refractivity contribution is 0.0765. The molecule has 0 N–H and O–H groups in total. The van der Waals surface area contributed by atoms with E-state index in [1.807, 2.05) is 37.5 Å². The highest BCUT2D eigenvalue weighted by Crippen LogP contribution is 2.52. The van der Waals surface area contributed by atoms with Gasteiger partial charge in [-0.15, -0.1) is 0 Å². The number of hydrogen-bond donors (Lipinski definition) is 0. The Labute approximate surface area is 205 Å². The van der Waals surface area contributed by atoms with Crippen molar-refractivity contribution < 1.29 is 14.3 Å². The van der Waals surface area contributed by atoms with Crippen molar-refractivity contribution in [2.75, 3.05) is 26.2 Å². The Morgan fingerprint density at radius 3 is 1.32 bits per heavy atom. The van der Waals surface area contributed by atoms with Crippen LogP contribution in [0, 0.1) is 0 Å². The Kier molecular flexibility index (Phi) is 7.74. The molecule has 0 fully saturated rings. The molecule has 0 saturated carbocycles. The number of aryl methyl sites for hydroxylation is 2. The van der Waals surface area contributed by atoms with Crippen LogP contribution in [-0.4, -0.2) is 47.8 Å². The highest BCUT2D eigenvalue weighted by molar-refractivity contribution is 6.02. The van der Waals surface area contributed by atoms with Gasteiger partial charge in [-0.25, -0.2) is 0 Å². The summed E-state index contributed by atoms with van der Waals surface area (Å²) in [6.45, 7) is 19.0. The zero-order valence-corrected chi connectivity index (χ0v) is 22.2. The predicted octanol–water partition coefficient (Wildman–Crippen LogP) is 6.21. The monoisotopic (exact) mass is 464 g/mol. The van der Waals surface area contributed by atoms with Gasteiger partial charge in [-0.2, -0.15) is 0 Å². The van der Waals surface area contributed by atoms with Crippen LogP contribution in [0.3, 0.4) is 0 Å². The van der Waals surface area contributed by atoms with Crippen LogP contribution in [0.15, 0.2) is 24.3 Å². The summed E-state index contributed by atoms with van der Waals surface area (Å²) in [7, 11) is 0. The van der Waals surface area contributed by atoms with Gasteiger partial charge < -0.3 is 14.5 Å². The van der Waals surface area contributed by atoms with Crippen LogP contribution in [0.4, 0.5) is 0 Å². The molecule has 0 radical (unpaired) electrons. The van der Waals surface area contributed by atoms with Gasteiger partial charge in [0.25, 0.3) is 11.8 Å². The third-order valence-corrected chi connectivity index (χ3v) is 7.33. The van der Waals surface area contributed by atoms with Crippen molar-refractivity contribution in [1.29, 1.82) is 0 Å². The molecular weight excluding hydrogens is 424 g/mol. The van der Waals surface area contributed by atoms with Crippen LogP contribution < -0.4 is 4.74 Å². The second-order valence-corrected chi connectivity index (χ2v) is 9.34. The number of carbonyl (C=O) groups is 2. The molecule has 3 rings (SSSR count). The average Bonchev–Trinajstić information content (AvgIpc) is 2.83. The fourth-order valence-corrected chi connectivity index (χ4v) is 5.09. The SMILES string of the molecule is CCc1ccc2c(c1C(=O)N(CC)CC)Oc1c(ccc(CC)c1C(=O)N(CC)CC)C2(C)C. The van der Waals surface area contributed by atoms with Crippen LogP contribution in [-0.2, 0) is 18.3 Å². The first-order valence-corrected chi connectivity index (χ1v) is 12.8. The second-order valence-electron chi connectivity index (χ2n) is 9.34. The molecule has 1 aliphatic rings. The van der Waals surface area contributed by atoms with Crippen molar-refractivity contribution in [1.82, 2.24) is 9.80 Å². The summed E-state index contributed by atoms with van der Waals surface area (Å²) >= 11 is 0. The van der Waals surface area contributed by atoms with E-state index in [4.69, 9.17) is 4.74 Å². The molecule has 0 atom stereocenters. The number of carbonyl (C=O) groups excluding carboxylic acids is 2. The number of benzene rings is 2. The van der Waals surface area contributed by atoms with Gasteiger partial charge in [0.1, 0.15) is 11.5 Å². The minimum atomic E-state index is -0.419. The molecule has 0 aromatic heterocycles. The molecule has 2 aromatic rings. The van der Waals surface area contributed by atoms with E-state index in [9.17, 15) is 9.59 Å². The Bertz CT molecular complexity index is 996. The summed E-state index contributed by atoms with van der Waals surface area (Å²) in [6, 6.07) is 8.31. The minimum absolute atomic E-state index is 0.0128. The van der Waals surface area contributed by atoms with E-state index in [0.29, 0.717) is 48.8 Å². The fraction of sp³-hybridized carbons (Fsp3) is 0.517. The molecular formula is C29H40N2O3. The number of hydrogen-bond acceptors (Lipinski definition) is 3. The Balaban J connectivity index is 2.34. The molecule has 5 heteroatoms. The molecule has 2 amide bonds. The summed E-state index contributed by atoms with van der Waals surface area (Å²) in [5.41, 5.74) is 4.75. The third-order valence-electron chi connectivity index (χ3n) is 7.33. The largest absolute Gasteiger partial charge is 0.455 e. The number of nitrogens with zero attached hydrogens (tertiary/aromatic N) is 2. The Hall–Kier alpha value is -2.82. The first-order valence-electron chi connectivity index (χ1n) is 12.8. The zero-order chi connectivity index (χ0) is 25.2. The molecule has 0 saturated heterocycles. The summed E-state index contributed by atoms with van der Waals surface area (Å²) in [5, 5.41) is 0. The minimum Gasteiger partial charge on any atom is -0.455 e. The fourth-order valence-electron chi connectivity index (χ4n) is 5.09. The van der Waals surface area contributed by atoms with E-state index in [2.05, 4.69) is 52.0 Å². The van der Waals surface area contributed by atoms with Gasteiger partial charge in [-0.05, 0) is 51.7 Å². The maximum atomic E-state index is 13.7. The number of ether oxygens (including phenoxy) is 1. The molecule has 0 spiro atoms. The molecule has 1 heterocycles. The lowest BCUT2D eigenvalue weighted by Gasteiger charge is -2.38. The van der Waals surface area contributed by atoms with E-state index in [1.54, 1.807) is 0 Å². The maximum Gasteiger partial charge on any atom is 0.257 e. The predicted molar refractivity (Wildman–Crippen MR) is 138 cm³/mol. The average molecular weight is 465 g/mol. The molecule has 0 unspecified atom stereocenters. The van der Waals surface area contributed by atoms with Crippen molar-refractivity contribution in [3.8, 4) is 11.5 Å². The van der Waals surface area contributed by atoms with Crippen molar-refractivity contribution in [2.45, 2.75) is 73.6 Å². The molecule has 2 aromatic carbocycles. The van der Waals surface area contributed by atoms with Crippen molar-refractivity contribution in [3.05, 3.63) is 57.6 Å². The van der Waals surface area contributed by atoms with Gasteiger partial charge in [-0.3, -0.25) is 9.59 Å². The van der Waals surface area contributed by atoms with Gasteiger partial charge in [-0.1, -0.05) is 52.0 Å². The molecule has 0 bridgehead atoms. The van der Waals surface area contributed by atoms with E-state index in [1.165, 1.54) is 0 Å². The van der Waals surface area contributed by atoms with E-state index in [0.717, 1.165) is 35.1 Å². The van der Waals surface area contributed by atoms with Crippen LogP contribution >= 0.6 is 0 Å². The standard InChI is InChI=1S/C29H40N2O3/c1-9-19-15-17-21-25(23(19)27(32)30(11-3)12-4)34-26-22(29(21,7)8)18-16-20(10-2)24(26)28(33)31(13-5)14-6/h15-18H,9-14H2,1-8H3. The van der Waals surface area contributed by atoms with Crippen LogP contribution in [0.2, 0.25) is 0 Å². The van der Waals surface area contributed by atoms with Crippen LogP contribution in [0.1, 0.15) is 98.4 Å². The van der Waals surface area contributed by atoms with Gasteiger partial charge in [0.05, 0.1) is 11.1 Å². The molecule has 0 aliphatic carbocycles. The topological polar surface area (TPSA) is 49.9 Å². The highest BCUT2D eigenvalue weighted by atomic mass is 16.5. The smallest absolute Gasteiger partial charge is 0.257 e. The quantitative estimate of drug-likeness (QED) is 0.467. The van der Waals surface area contributed by atoms with Crippen molar-refractivity contribution in [2.24, 2.45) is 0 Å². The summed E-state index contributed by atoms with van der Waals surface area (Å²) in [5.74, 6) is 1.19. The van der Waals surface area contributed by atoms with E-state index < -0.39 is 5.41 Å². The Morgan fingerprint density at radius 2 is 1.03 bits per heavy atom. The lowest BCUT2D eigenvalue weighted by Crippen LogP contribution is -2.35. The summed E-state index contributed by atoms with van der Waals surface area (Å²) < 4.78 is 6.69. The van der Waals surface area contributed by atoms with Gasteiger partial charge in [0, 0.05) is 42.7 Å². The zero-order valence-electron chi connectivity index (χ0n) is 22.2.